The van der Waals surface area contributed by atoms with Crippen molar-refractivity contribution in [3.63, 3.8) is 0 Å². The van der Waals surface area contributed by atoms with Gasteiger partial charge in [0.15, 0.2) is 11.6 Å². The van der Waals surface area contributed by atoms with Crippen molar-refractivity contribution in [2.24, 2.45) is 0 Å². The van der Waals surface area contributed by atoms with Gasteiger partial charge in [0.25, 0.3) is 5.91 Å². The second kappa shape index (κ2) is 13.5. The smallest absolute Gasteiger partial charge is 0.305 e. The third-order valence-corrected chi connectivity index (χ3v) is 7.23. The van der Waals surface area contributed by atoms with Crippen molar-refractivity contribution >= 4 is 29.0 Å². The topological polar surface area (TPSA) is 110 Å². The summed E-state index contributed by atoms with van der Waals surface area (Å²) in [6.45, 7) is 0.00601. The maximum Gasteiger partial charge on any atom is 0.305 e. The largest absolute Gasteiger partial charge is 0.497 e. The maximum atomic E-state index is 13.7. The van der Waals surface area contributed by atoms with Crippen LogP contribution < -0.4 is 10.1 Å². The first-order valence-corrected chi connectivity index (χ1v) is 13.5. The van der Waals surface area contributed by atoms with Gasteiger partial charge in [0.05, 0.1) is 13.5 Å². The van der Waals surface area contributed by atoms with Crippen LogP contribution in [0.2, 0.25) is 0 Å². The van der Waals surface area contributed by atoms with E-state index in [2.05, 4.69) is 17.4 Å². The van der Waals surface area contributed by atoms with Gasteiger partial charge in [-0.05, 0) is 72.4 Å². The van der Waals surface area contributed by atoms with E-state index in [-0.39, 0.29) is 30.1 Å². The number of amides is 1. The Labute approximate surface area is 233 Å². The lowest BCUT2D eigenvalue weighted by Crippen LogP contribution is -2.26. The van der Waals surface area contributed by atoms with Gasteiger partial charge >= 0.3 is 5.97 Å². The summed E-state index contributed by atoms with van der Waals surface area (Å²) in [5, 5.41) is 11.3. The highest BCUT2D eigenvalue weighted by Gasteiger charge is 2.20. The summed E-state index contributed by atoms with van der Waals surface area (Å²) in [6, 6.07) is 20.7. The van der Waals surface area contributed by atoms with E-state index in [1.807, 2.05) is 12.1 Å². The number of ether oxygens (including phenoxy) is 1. The summed E-state index contributed by atoms with van der Waals surface area (Å²) in [6.07, 6.45) is 7.22. The average molecular weight is 540 g/mol. The summed E-state index contributed by atoms with van der Waals surface area (Å²) in [7, 11) is 1.55. The molecule has 0 radical (unpaired) electrons. The number of hydrogen-bond acceptors (Lipinski definition) is 5. The molecule has 0 atom stereocenters. The minimum atomic E-state index is -1.00. The average Bonchev–Trinajstić information content (AvgIpc) is 3.00. The van der Waals surface area contributed by atoms with Crippen molar-refractivity contribution < 1.29 is 29.0 Å². The molecule has 0 saturated heterocycles. The molecule has 40 heavy (non-hydrogen) atoms. The molecule has 0 heterocycles. The molecule has 3 aromatic carbocycles. The summed E-state index contributed by atoms with van der Waals surface area (Å²) in [5.41, 5.74) is 3.20. The number of ketones is 2. The van der Waals surface area contributed by atoms with Crippen LogP contribution in [0.1, 0.15) is 86.6 Å². The number of benzene rings is 3. The van der Waals surface area contributed by atoms with E-state index >= 15 is 0 Å². The van der Waals surface area contributed by atoms with E-state index in [0.29, 0.717) is 33.9 Å². The van der Waals surface area contributed by atoms with Gasteiger partial charge in [-0.2, -0.15) is 0 Å². The number of aliphatic carboxylic acids is 1. The Morgan fingerprint density at radius 2 is 1.38 bits per heavy atom. The van der Waals surface area contributed by atoms with Crippen LogP contribution in [0.4, 0.5) is 0 Å². The van der Waals surface area contributed by atoms with Crippen LogP contribution in [0.5, 0.6) is 5.75 Å². The third kappa shape index (κ3) is 7.32. The first kappa shape index (κ1) is 28.5. The second-order valence-corrected chi connectivity index (χ2v) is 9.91. The number of nitrogens with one attached hydrogen (secondary N) is 1. The van der Waals surface area contributed by atoms with Crippen molar-refractivity contribution in [3.8, 4) is 5.75 Å². The molecule has 0 aliphatic heterocycles. The fraction of sp³-hybridized carbons (Fsp3) is 0.273. The quantitative estimate of drug-likeness (QED) is 0.225. The summed E-state index contributed by atoms with van der Waals surface area (Å²) in [4.78, 5) is 49.9. The standard InChI is InChI=1S/C33H33NO6/c1-40-28-17-15-25(16-18-28)30(35)21-29(24-9-7-23(8-10-24)22-5-3-2-4-6-22)32(38)26-11-13-27(14-12-26)33(39)34-20-19-31(36)37/h7-18,21-22H,2-6,19-20H2,1H3,(H,34,39)(H,36,37)/b29-21-. The summed E-state index contributed by atoms with van der Waals surface area (Å²) >= 11 is 0. The minimum Gasteiger partial charge on any atom is -0.497 e. The Balaban J connectivity index is 1.61. The third-order valence-electron chi connectivity index (χ3n) is 7.23. The number of carboxylic acid groups (broad SMARTS) is 1. The van der Waals surface area contributed by atoms with E-state index in [1.165, 1.54) is 55.2 Å². The molecule has 0 aromatic heterocycles. The molecule has 7 heteroatoms. The number of carbonyl (C=O) groups excluding carboxylic acids is 3. The first-order valence-electron chi connectivity index (χ1n) is 13.5. The molecular weight excluding hydrogens is 506 g/mol. The molecule has 1 amide bonds. The van der Waals surface area contributed by atoms with Gasteiger partial charge in [-0.25, -0.2) is 0 Å². The minimum absolute atomic E-state index is 0.00601. The van der Waals surface area contributed by atoms with Gasteiger partial charge in [-0.3, -0.25) is 19.2 Å². The molecule has 1 fully saturated rings. The van der Waals surface area contributed by atoms with E-state index in [1.54, 1.807) is 31.4 Å². The molecule has 1 aliphatic carbocycles. The zero-order valence-corrected chi connectivity index (χ0v) is 22.5. The highest BCUT2D eigenvalue weighted by molar-refractivity contribution is 6.32. The molecule has 3 aromatic rings. The Bertz CT molecular complexity index is 1380. The van der Waals surface area contributed by atoms with E-state index < -0.39 is 11.9 Å². The van der Waals surface area contributed by atoms with Gasteiger partial charge in [0.1, 0.15) is 5.75 Å². The van der Waals surface area contributed by atoms with Crippen molar-refractivity contribution in [1.82, 2.24) is 5.32 Å². The van der Waals surface area contributed by atoms with E-state index in [0.717, 1.165) is 12.8 Å². The Morgan fingerprint density at radius 1 is 0.800 bits per heavy atom. The lowest BCUT2D eigenvalue weighted by Gasteiger charge is -2.22. The van der Waals surface area contributed by atoms with Crippen LogP contribution in [0.3, 0.4) is 0 Å². The molecular formula is C33H33NO6. The Kier molecular flexibility index (Phi) is 9.62. The predicted octanol–water partition coefficient (Wildman–Crippen LogP) is 6.10. The van der Waals surface area contributed by atoms with Crippen LogP contribution in [0.15, 0.2) is 78.9 Å². The monoisotopic (exact) mass is 539 g/mol. The lowest BCUT2D eigenvalue weighted by molar-refractivity contribution is -0.136. The Morgan fingerprint density at radius 3 is 1.98 bits per heavy atom. The maximum absolute atomic E-state index is 13.7. The van der Waals surface area contributed by atoms with Gasteiger partial charge in [0.2, 0.25) is 0 Å². The zero-order chi connectivity index (χ0) is 28.5. The normalized spacial score (nSPS) is 13.9. The highest BCUT2D eigenvalue weighted by atomic mass is 16.5. The van der Waals surface area contributed by atoms with Gasteiger partial charge in [-0.1, -0.05) is 55.7 Å². The van der Waals surface area contributed by atoms with Gasteiger partial charge < -0.3 is 15.2 Å². The molecule has 0 bridgehead atoms. The number of hydrogen-bond donors (Lipinski definition) is 2. The van der Waals surface area contributed by atoms with Crippen LogP contribution >= 0.6 is 0 Å². The number of rotatable bonds is 11. The first-order chi connectivity index (χ1) is 19.4. The predicted molar refractivity (Wildman–Crippen MR) is 153 cm³/mol. The zero-order valence-electron chi connectivity index (χ0n) is 22.5. The van der Waals surface area contributed by atoms with Gasteiger partial charge in [-0.15, -0.1) is 0 Å². The van der Waals surface area contributed by atoms with E-state index in [9.17, 15) is 19.2 Å². The van der Waals surface area contributed by atoms with Crippen LogP contribution in [-0.2, 0) is 4.79 Å². The van der Waals surface area contributed by atoms with Crippen LogP contribution in [-0.4, -0.2) is 42.2 Å². The molecule has 0 spiro atoms. The molecule has 1 aliphatic rings. The SMILES string of the molecule is COc1ccc(C(=O)/C=C(\C(=O)c2ccc(C(=O)NCCC(=O)O)cc2)c2ccc(C3CCCCC3)cc2)cc1. The fourth-order valence-electron chi connectivity index (χ4n) is 4.93. The number of methoxy groups -OCH3 is 1. The van der Waals surface area contributed by atoms with Crippen molar-refractivity contribution in [2.45, 2.75) is 44.4 Å². The molecule has 7 nitrogen and oxygen atoms in total. The number of Topliss-reactive ketones (excluding diaryl/α,β-unsaturated/α-hetero) is 1. The van der Waals surface area contributed by atoms with Gasteiger partial charge in [0, 0.05) is 28.8 Å². The van der Waals surface area contributed by atoms with Crippen molar-refractivity contribution in [2.75, 3.05) is 13.7 Å². The summed E-state index contributed by atoms with van der Waals surface area (Å²) in [5.74, 6) is -0.939. The van der Waals surface area contributed by atoms with E-state index in [4.69, 9.17) is 9.84 Å². The molecule has 1 saturated carbocycles. The lowest BCUT2D eigenvalue weighted by atomic mass is 9.83. The molecule has 4 rings (SSSR count). The van der Waals surface area contributed by atoms with Crippen molar-refractivity contribution in [1.29, 1.82) is 0 Å². The fourth-order valence-corrected chi connectivity index (χ4v) is 4.93. The molecule has 2 N–H and O–H groups in total. The Hall–Kier alpha value is -4.52. The highest BCUT2D eigenvalue weighted by Crippen LogP contribution is 2.33. The number of allylic oxidation sites excluding steroid dienone is 2. The van der Waals surface area contributed by atoms with Crippen LogP contribution in [0, 0.1) is 0 Å². The molecule has 0 unspecified atom stereocenters. The molecule has 206 valence electrons. The number of carbonyl (C=O) groups is 4. The second-order valence-electron chi connectivity index (χ2n) is 9.91. The van der Waals surface area contributed by atoms with Crippen molar-refractivity contribution in [3.05, 3.63) is 107 Å². The number of carboxylic acids is 1. The summed E-state index contributed by atoms with van der Waals surface area (Å²) < 4.78 is 5.18. The van der Waals surface area contributed by atoms with Crippen LogP contribution in [0.25, 0.3) is 5.57 Å².